The topological polar surface area (TPSA) is 46.9 Å². The summed E-state index contributed by atoms with van der Waals surface area (Å²) in [5.74, 6) is -0.00148. The molecule has 0 atom stereocenters. The largest absolute Gasteiger partial charge is 0.351 e. The predicted octanol–water partition coefficient (Wildman–Crippen LogP) is 3.85. The number of nitrogens with zero attached hydrogens (tertiary/aromatic N) is 2. The van der Waals surface area contributed by atoms with E-state index in [0.717, 1.165) is 41.5 Å². The maximum atomic E-state index is 12.9. The second-order valence-electron chi connectivity index (χ2n) is 5.76. The number of thioether (sulfide) groups is 1. The van der Waals surface area contributed by atoms with E-state index >= 15 is 0 Å². The van der Waals surface area contributed by atoms with Crippen molar-refractivity contribution in [1.29, 1.82) is 0 Å². The monoisotopic (exact) mass is 349 g/mol. The van der Waals surface area contributed by atoms with Gasteiger partial charge in [-0.05, 0) is 38.0 Å². The highest BCUT2D eigenvalue weighted by Crippen LogP contribution is 2.21. The molecule has 0 bridgehead atoms. The van der Waals surface area contributed by atoms with E-state index in [9.17, 15) is 9.18 Å². The zero-order valence-corrected chi connectivity index (χ0v) is 15.3. The first kappa shape index (κ1) is 18.5. The summed E-state index contributed by atoms with van der Waals surface area (Å²) in [5.41, 5.74) is 3.06. The number of nitrogens with one attached hydrogen (secondary N) is 1. The van der Waals surface area contributed by atoms with Gasteiger partial charge in [0.05, 0.1) is 11.4 Å². The molecule has 2 aromatic rings. The van der Waals surface area contributed by atoms with Crippen LogP contribution in [-0.2, 0) is 17.9 Å². The van der Waals surface area contributed by atoms with Gasteiger partial charge in [0, 0.05) is 18.8 Å². The van der Waals surface area contributed by atoms with E-state index in [0.29, 0.717) is 12.3 Å². The smallest absolute Gasteiger partial charge is 0.230 e. The average Bonchev–Trinajstić information content (AvgIpc) is 2.84. The average molecular weight is 349 g/mol. The molecule has 0 saturated heterocycles. The molecule has 0 fully saturated rings. The third-order valence-electron chi connectivity index (χ3n) is 3.89. The summed E-state index contributed by atoms with van der Waals surface area (Å²) in [6.45, 7) is 7.56. The van der Waals surface area contributed by atoms with Gasteiger partial charge in [0.1, 0.15) is 5.82 Å². The second-order valence-corrected chi connectivity index (χ2v) is 6.70. The first-order chi connectivity index (χ1) is 11.5. The highest BCUT2D eigenvalue weighted by molar-refractivity contribution is 7.99. The number of imidazole rings is 1. The van der Waals surface area contributed by atoms with Crippen LogP contribution in [0.5, 0.6) is 0 Å². The molecule has 0 unspecified atom stereocenters. The summed E-state index contributed by atoms with van der Waals surface area (Å²) in [4.78, 5) is 16.6. The fraction of sp³-hybridized carbons (Fsp3) is 0.444. The Labute approximate surface area is 146 Å². The molecule has 0 aliphatic carbocycles. The molecular weight excluding hydrogens is 325 g/mol. The second kappa shape index (κ2) is 8.87. The van der Waals surface area contributed by atoms with Gasteiger partial charge in [-0.2, -0.15) is 0 Å². The molecule has 1 N–H and O–H groups in total. The Morgan fingerprint density at radius 3 is 2.67 bits per heavy atom. The van der Waals surface area contributed by atoms with Crippen molar-refractivity contribution in [3.8, 4) is 0 Å². The number of carbonyl (C=O) groups excluding carboxylic acids is 1. The molecule has 1 aromatic heterocycles. The Morgan fingerprint density at radius 2 is 2.00 bits per heavy atom. The van der Waals surface area contributed by atoms with Crippen molar-refractivity contribution in [1.82, 2.24) is 14.9 Å². The van der Waals surface area contributed by atoms with Gasteiger partial charge in [0.2, 0.25) is 5.91 Å². The molecule has 0 aliphatic rings. The van der Waals surface area contributed by atoms with Crippen LogP contribution in [0.15, 0.2) is 29.4 Å². The maximum Gasteiger partial charge on any atom is 0.230 e. The van der Waals surface area contributed by atoms with Crippen LogP contribution < -0.4 is 5.32 Å². The Hall–Kier alpha value is -1.82. The molecule has 0 spiro atoms. The van der Waals surface area contributed by atoms with Crippen LogP contribution in [0.4, 0.5) is 4.39 Å². The third-order valence-corrected chi connectivity index (χ3v) is 4.87. The van der Waals surface area contributed by atoms with Gasteiger partial charge in [-0.25, -0.2) is 9.37 Å². The number of hydrogen-bond donors (Lipinski definition) is 1. The van der Waals surface area contributed by atoms with Crippen molar-refractivity contribution in [3.05, 3.63) is 47.0 Å². The minimum Gasteiger partial charge on any atom is -0.351 e. The van der Waals surface area contributed by atoms with Crippen LogP contribution >= 0.6 is 11.8 Å². The minimum absolute atomic E-state index is 0.0512. The summed E-state index contributed by atoms with van der Waals surface area (Å²) < 4.78 is 15.0. The maximum absolute atomic E-state index is 12.9. The van der Waals surface area contributed by atoms with Gasteiger partial charge in [-0.3, -0.25) is 4.79 Å². The van der Waals surface area contributed by atoms with Crippen LogP contribution in [-0.4, -0.2) is 21.2 Å². The van der Waals surface area contributed by atoms with E-state index in [-0.39, 0.29) is 11.7 Å². The Kier molecular flexibility index (Phi) is 6.85. The Balaban J connectivity index is 1.87. The molecule has 4 nitrogen and oxygen atoms in total. The molecule has 1 heterocycles. The van der Waals surface area contributed by atoms with E-state index in [2.05, 4.69) is 28.7 Å². The van der Waals surface area contributed by atoms with Crippen LogP contribution in [0.25, 0.3) is 0 Å². The first-order valence-corrected chi connectivity index (χ1v) is 9.17. The molecular formula is C18H24FN3OS. The van der Waals surface area contributed by atoms with Gasteiger partial charge < -0.3 is 9.88 Å². The van der Waals surface area contributed by atoms with Crippen molar-refractivity contribution in [2.75, 3.05) is 5.75 Å². The number of halogens is 1. The fourth-order valence-electron chi connectivity index (χ4n) is 2.30. The van der Waals surface area contributed by atoms with Crippen molar-refractivity contribution in [2.24, 2.45) is 0 Å². The number of rotatable bonds is 8. The zero-order valence-electron chi connectivity index (χ0n) is 14.4. The lowest BCUT2D eigenvalue weighted by molar-refractivity contribution is -0.118. The molecule has 0 saturated carbocycles. The molecule has 0 radical (unpaired) electrons. The van der Waals surface area contributed by atoms with Crippen LogP contribution in [0.2, 0.25) is 0 Å². The standard InChI is InChI=1S/C18H24FN3OS/c1-4-5-10-22-14(3)13(2)21-18(22)24-12-17(23)20-11-15-6-8-16(19)9-7-15/h6-9H,4-5,10-12H2,1-3H3,(H,20,23). The van der Waals surface area contributed by atoms with Gasteiger partial charge in [0.15, 0.2) is 5.16 Å². The predicted molar refractivity (Wildman–Crippen MR) is 95.6 cm³/mol. The fourth-order valence-corrected chi connectivity index (χ4v) is 3.25. The number of benzene rings is 1. The van der Waals surface area contributed by atoms with Crippen LogP contribution in [0, 0.1) is 19.7 Å². The number of amides is 1. The highest BCUT2D eigenvalue weighted by Gasteiger charge is 2.13. The molecule has 0 aliphatic heterocycles. The number of hydrogen-bond acceptors (Lipinski definition) is 3. The summed E-state index contributed by atoms with van der Waals surface area (Å²) in [6, 6.07) is 6.14. The summed E-state index contributed by atoms with van der Waals surface area (Å²) in [7, 11) is 0. The summed E-state index contributed by atoms with van der Waals surface area (Å²) >= 11 is 1.46. The van der Waals surface area contributed by atoms with E-state index in [1.165, 1.54) is 23.9 Å². The van der Waals surface area contributed by atoms with Gasteiger partial charge >= 0.3 is 0 Å². The lowest BCUT2D eigenvalue weighted by atomic mass is 10.2. The lowest BCUT2D eigenvalue weighted by Crippen LogP contribution is -2.24. The minimum atomic E-state index is -0.273. The Bertz CT molecular complexity index is 682. The SMILES string of the molecule is CCCCn1c(SCC(=O)NCc2ccc(F)cc2)nc(C)c1C. The normalized spacial score (nSPS) is 10.8. The van der Waals surface area contributed by atoms with Crippen molar-refractivity contribution >= 4 is 17.7 Å². The molecule has 130 valence electrons. The van der Waals surface area contributed by atoms with E-state index in [1.807, 2.05) is 6.92 Å². The number of aryl methyl sites for hydroxylation is 1. The molecule has 1 amide bonds. The van der Waals surface area contributed by atoms with Gasteiger partial charge in [-0.1, -0.05) is 37.2 Å². The van der Waals surface area contributed by atoms with Crippen LogP contribution in [0.1, 0.15) is 36.7 Å². The first-order valence-electron chi connectivity index (χ1n) is 8.19. The number of carbonyl (C=O) groups is 1. The quantitative estimate of drug-likeness (QED) is 0.737. The third kappa shape index (κ3) is 5.09. The van der Waals surface area contributed by atoms with E-state index in [1.54, 1.807) is 12.1 Å². The zero-order chi connectivity index (χ0) is 17.5. The van der Waals surface area contributed by atoms with E-state index < -0.39 is 0 Å². The van der Waals surface area contributed by atoms with E-state index in [4.69, 9.17) is 0 Å². The van der Waals surface area contributed by atoms with Crippen molar-refractivity contribution in [3.63, 3.8) is 0 Å². The van der Waals surface area contributed by atoms with Crippen molar-refractivity contribution < 1.29 is 9.18 Å². The van der Waals surface area contributed by atoms with Gasteiger partial charge in [-0.15, -0.1) is 0 Å². The molecule has 1 aromatic carbocycles. The van der Waals surface area contributed by atoms with Crippen LogP contribution in [0.3, 0.4) is 0 Å². The lowest BCUT2D eigenvalue weighted by Gasteiger charge is -2.09. The summed E-state index contributed by atoms with van der Waals surface area (Å²) in [6.07, 6.45) is 2.22. The van der Waals surface area contributed by atoms with Gasteiger partial charge in [0.25, 0.3) is 0 Å². The molecule has 2 rings (SSSR count). The number of aromatic nitrogens is 2. The molecule has 24 heavy (non-hydrogen) atoms. The highest BCUT2D eigenvalue weighted by atomic mass is 32.2. The Morgan fingerprint density at radius 1 is 1.29 bits per heavy atom. The summed E-state index contributed by atoms with van der Waals surface area (Å²) in [5, 5.41) is 3.75. The molecule has 6 heteroatoms. The number of unbranched alkanes of at least 4 members (excludes halogenated alkanes) is 1. The van der Waals surface area contributed by atoms with Crippen molar-refractivity contribution in [2.45, 2.75) is 51.9 Å².